The van der Waals surface area contributed by atoms with Crippen LogP contribution in [0.2, 0.25) is 0 Å². The van der Waals surface area contributed by atoms with E-state index in [1.165, 1.54) is 23.4 Å². The van der Waals surface area contributed by atoms with Gasteiger partial charge in [-0.3, -0.25) is 9.48 Å². The molecule has 2 aliphatic rings. The number of hydrogen-bond acceptors (Lipinski definition) is 4. The number of rotatable bonds is 3. The first-order valence-electron chi connectivity index (χ1n) is 10.2. The Hall–Kier alpha value is -3.35. The average molecular weight is 405 g/mol. The zero-order valence-electron chi connectivity index (χ0n) is 17.2. The number of aromatic carboxylic acids is 1. The molecule has 1 aromatic carbocycles. The summed E-state index contributed by atoms with van der Waals surface area (Å²) in [5.41, 5.74) is 5.17. The maximum Gasteiger partial charge on any atom is 0.341 e. The lowest BCUT2D eigenvalue weighted by molar-refractivity contribution is 0.0694. The summed E-state index contributed by atoms with van der Waals surface area (Å²) in [6.45, 7) is 4.87. The first kappa shape index (κ1) is 18.7. The largest absolute Gasteiger partial charge is 0.492 e. The zero-order chi connectivity index (χ0) is 21.2. The number of benzene rings is 1. The van der Waals surface area contributed by atoms with Crippen molar-refractivity contribution in [1.29, 1.82) is 0 Å². The van der Waals surface area contributed by atoms with Crippen LogP contribution in [0.25, 0.3) is 22.5 Å². The Bertz CT molecular complexity index is 1250. The Labute approximate surface area is 173 Å². The lowest BCUT2D eigenvalue weighted by Gasteiger charge is -2.34. The van der Waals surface area contributed by atoms with Crippen LogP contribution in [-0.4, -0.2) is 32.0 Å². The Balaban J connectivity index is 1.82. The van der Waals surface area contributed by atoms with Gasteiger partial charge in [0.2, 0.25) is 0 Å². The fourth-order valence-corrected chi connectivity index (χ4v) is 4.72. The van der Waals surface area contributed by atoms with Crippen LogP contribution in [0.5, 0.6) is 5.75 Å². The molecule has 4 heterocycles. The van der Waals surface area contributed by atoms with E-state index in [4.69, 9.17) is 4.74 Å². The first-order valence-corrected chi connectivity index (χ1v) is 10.2. The Morgan fingerprint density at radius 1 is 1.27 bits per heavy atom. The van der Waals surface area contributed by atoms with Gasteiger partial charge in [-0.05, 0) is 30.0 Å². The van der Waals surface area contributed by atoms with E-state index in [0.29, 0.717) is 6.61 Å². The molecule has 1 atom stereocenters. The van der Waals surface area contributed by atoms with E-state index in [1.807, 2.05) is 29.9 Å². The molecule has 0 amide bonds. The molecule has 1 N–H and O–H groups in total. The van der Waals surface area contributed by atoms with Gasteiger partial charge >= 0.3 is 5.97 Å². The third-order valence-corrected chi connectivity index (χ3v) is 6.21. The van der Waals surface area contributed by atoms with Crippen molar-refractivity contribution in [3.05, 3.63) is 57.5 Å². The first-order chi connectivity index (χ1) is 14.3. The standard InChI is InChI=1S/C23H23N3O4/c1-12(2)19-9-14-13-5-7-30-22(13)16(18-4-6-25(3)24-18)8-15(14)20-10-21(27)17(23(28)29)11-26(19)20/h4,6,8,10-12,19H,5,7,9H2,1-3H3,(H,28,29)/t19-/m0/s1. The van der Waals surface area contributed by atoms with E-state index in [2.05, 4.69) is 18.9 Å². The molecule has 0 saturated heterocycles. The average Bonchev–Trinajstić information content (AvgIpc) is 3.35. The molecule has 0 fully saturated rings. The van der Waals surface area contributed by atoms with Crippen molar-refractivity contribution in [2.24, 2.45) is 13.0 Å². The number of fused-ring (bicyclic) bond motifs is 5. The van der Waals surface area contributed by atoms with Gasteiger partial charge in [0.25, 0.3) is 0 Å². The van der Waals surface area contributed by atoms with E-state index in [-0.39, 0.29) is 17.5 Å². The Morgan fingerprint density at radius 2 is 2.07 bits per heavy atom. The van der Waals surface area contributed by atoms with Crippen LogP contribution in [0.1, 0.15) is 41.4 Å². The second-order valence-electron chi connectivity index (χ2n) is 8.40. The number of carbonyl (C=O) groups is 1. The van der Waals surface area contributed by atoms with Gasteiger partial charge in [0, 0.05) is 54.7 Å². The van der Waals surface area contributed by atoms with Crippen LogP contribution >= 0.6 is 0 Å². The maximum absolute atomic E-state index is 12.6. The molecule has 3 aromatic rings. The fourth-order valence-electron chi connectivity index (χ4n) is 4.72. The van der Waals surface area contributed by atoms with Gasteiger partial charge in [-0.2, -0.15) is 5.10 Å². The van der Waals surface area contributed by atoms with Crippen molar-refractivity contribution < 1.29 is 14.6 Å². The molecule has 2 aliphatic heterocycles. The molecule has 5 rings (SSSR count). The number of carboxylic acids is 1. The monoisotopic (exact) mass is 405 g/mol. The topological polar surface area (TPSA) is 86.3 Å². The summed E-state index contributed by atoms with van der Waals surface area (Å²) in [5, 5.41) is 14.0. The van der Waals surface area contributed by atoms with Gasteiger partial charge in [-0.15, -0.1) is 0 Å². The fraction of sp³-hybridized carbons (Fsp3) is 0.348. The maximum atomic E-state index is 12.6. The molecule has 0 radical (unpaired) electrons. The highest BCUT2D eigenvalue weighted by molar-refractivity contribution is 5.88. The number of aromatic nitrogens is 3. The number of aryl methyl sites for hydroxylation is 1. The summed E-state index contributed by atoms with van der Waals surface area (Å²) < 4.78 is 9.75. The third-order valence-electron chi connectivity index (χ3n) is 6.21. The van der Waals surface area contributed by atoms with Gasteiger partial charge in [0.1, 0.15) is 11.3 Å². The Morgan fingerprint density at radius 3 is 2.73 bits per heavy atom. The van der Waals surface area contributed by atoms with E-state index in [9.17, 15) is 14.7 Å². The smallest absolute Gasteiger partial charge is 0.341 e. The molecule has 7 heteroatoms. The van der Waals surface area contributed by atoms with Crippen molar-refractivity contribution in [3.63, 3.8) is 0 Å². The van der Waals surface area contributed by atoms with Crippen LogP contribution in [0.3, 0.4) is 0 Å². The molecule has 0 saturated carbocycles. The van der Waals surface area contributed by atoms with Crippen LogP contribution < -0.4 is 10.2 Å². The van der Waals surface area contributed by atoms with Crippen LogP contribution in [0.15, 0.2) is 35.4 Å². The zero-order valence-corrected chi connectivity index (χ0v) is 17.2. The van der Waals surface area contributed by atoms with Gasteiger partial charge < -0.3 is 14.4 Å². The molecule has 7 nitrogen and oxygen atoms in total. The number of nitrogens with zero attached hydrogens (tertiary/aromatic N) is 3. The van der Waals surface area contributed by atoms with Gasteiger partial charge in [0.15, 0.2) is 5.43 Å². The highest BCUT2D eigenvalue weighted by Crippen LogP contribution is 2.47. The SMILES string of the molecule is CC(C)[C@@H]1Cc2c(cc(-c3ccn(C)n3)c3c2CCO3)-c2cc(=O)c(C(=O)O)cn21. The van der Waals surface area contributed by atoms with E-state index in [0.717, 1.165) is 41.1 Å². The quantitative estimate of drug-likeness (QED) is 0.723. The predicted octanol–water partition coefficient (Wildman–Crippen LogP) is 3.30. The van der Waals surface area contributed by atoms with Crippen LogP contribution in [0, 0.1) is 5.92 Å². The predicted molar refractivity (Wildman–Crippen MR) is 112 cm³/mol. The van der Waals surface area contributed by atoms with Crippen molar-refractivity contribution in [2.75, 3.05) is 6.61 Å². The van der Waals surface area contributed by atoms with Crippen molar-refractivity contribution in [1.82, 2.24) is 14.3 Å². The van der Waals surface area contributed by atoms with E-state index in [1.54, 1.807) is 4.68 Å². The summed E-state index contributed by atoms with van der Waals surface area (Å²) >= 11 is 0. The number of hydrogen-bond donors (Lipinski definition) is 1. The van der Waals surface area contributed by atoms with Crippen molar-refractivity contribution in [2.45, 2.75) is 32.7 Å². The summed E-state index contributed by atoms with van der Waals surface area (Å²) in [6.07, 6.45) is 5.00. The molecule has 30 heavy (non-hydrogen) atoms. The molecule has 2 aromatic heterocycles. The minimum Gasteiger partial charge on any atom is -0.492 e. The molecule has 0 bridgehead atoms. The van der Waals surface area contributed by atoms with Crippen LogP contribution in [-0.2, 0) is 19.9 Å². The molecule has 154 valence electrons. The molecule has 0 spiro atoms. The van der Waals surface area contributed by atoms with Gasteiger partial charge in [-0.25, -0.2) is 4.79 Å². The highest BCUT2D eigenvalue weighted by Gasteiger charge is 2.33. The summed E-state index contributed by atoms with van der Waals surface area (Å²) in [5.74, 6) is -0.0393. The summed E-state index contributed by atoms with van der Waals surface area (Å²) in [4.78, 5) is 24.2. The van der Waals surface area contributed by atoms with E-state index < -0.39 is 11.4 Å². The van der Waals surface area contributed by atoms with Gasteiger partial charge in [0.05, 0.1) is 18.0 Å². The summed E-state index contributed by atoms with van der Waals surface area (Å²) in [6, 6.07) is 5.53. The van der Waals surface area contributed by atoms with Crippen molar-refractivity contribution in [3.8, 4) is 28.3 Å². The molecule has 0 aliphatic carbocycles. The Kier molecular flexibility index (Phi) is 4.10. The molecule has 0 unspecified atom stereocenters. The number of pyridine rings is 1. The molecular weight excluding hydrogens is 382 g/mol. The number of ether oxygens (including phenoxy) is 1. The normalized spacial score (nSPS) is 16.7. The minimum atomic E-state index is -1.19. The second kappa shape index (κ2) is 6.58. The van der Waals surface area contributed by atoms with Crippen molar-refractivity contribution >= 4 is 5.97 Å². The van der Waals surface area contributed by atoms with Gasteiger partial charge in [-0.1, -0.05) is 13.8 Å². The van der Waals surface area contributed by atoms with Crippen LogP contribution in [0.4, 0.5) is 0 Å². The lowest BCUT2D eigenvalue weighted by Crippen LogP contribution is -2.28. The number of carboxylic acid groups (broad SMARTS) is 1. The third kappa shape index (κ3) is 2.69. The minimum absolute atomic E-state index is 0.0663. The second-order valence-corrected chi connectivity index (χ2v) is 8.40. The summed E-state index contributed by atoms with van der Waals surface area (Å²) in [7, 11) is 1.87. The highest BCUT2D eigenvalue weighted by atomic mass is 16.5. The molecular formula is C23H23N3O4. The van der Waals surface area contributed by atoms with E-state index >= 15 is 0 Å². The lowest BCUT2D eigenvalue weighted by atomic mass is 9.82.